The first-order valence-electron chi connectivity index (χ1n) is 7.51. The number of carbonyl (C=O) groups is 1. The van der Waals surface area contributed by atoms with Crippen molar-refractivity contribution in [3.8, 4) is 0 Å². The fourth-order valence-corrected chi connectivity index (χ4v) is 2.87. The van der Waals surface area contributed by atoms with Gasteiger partial charge in [-0.05, 0) is 22.7 Å². The molecule has 0 saturated heterocycles. The molecule has 1 aliphatic carbocycles. The number of imidazole rings is 1. The van der Waals surface area contributed by atoms with Crippen LogP contribution in [0.4, 0.5) is 5.82 Å². The molecule has 1 aliphatic rings. The van der Waals surface area contributed by atoms with E-state index in [1.165, 1.54) is 10.8 Å². The highest BCUT2D eigenvalue weighted by Gasteiger charge is 2.25. The standard InChI is InChI=1S/C14H22N4O4/c1-10-15-13(18(20)21)8-17(10)9-14(19)16-11-6-4-3-5-7-12(11)22-2/h8,11-12H,3-7,9H2,1-2H3,(H,16,19)/t11-,12-/m1/s1. The molecule has 8 nitrogen and oxygen atoms in total. The Hall–Kier alpha value is -1.96. The lowest BCUT2D eigenvalue weighted by Crippen LogP contribution is -2.44. The number of nitrogens with zero attached hydrogens (tertiary/aromatic N) is 3. The van der Waals surface area contributed by atoms with E-state index in [4.69, 9.17) is 4.74 Å². The van der Waals surface area contributed by atoms with Crippen molar-refractivity contribution in [3.63, 3.8) is 0 Å². The fourth-order valence-electron chi connectivity index (χ4n) is 2.87. The highest BCUT2D eigenvalue weighted by atomic mass is 16.6. The fraction of sp³-hybridized carbons (Fsp3) is 0.714. The summed E-state index contributed by atoms with van der Waals surface area (Å²) in [6, 6.07) is -0.00110. The van der Waals surface area contributed by atoms with E-state index < -0.39 is 4.92 Å². The number of rotatable bonds is 5. The highest BCUT2D eigenvalue weighted by Crippen LogP contribution is 2.20. The summed E-state index contributed by atoms with van der Waals surface area (Å²) < 4.78 is 6.96. The molecule has 0 spiro atoms. The summed E-state index contributed by atoms with van der Waals surface area (Å²) in [5, 5.41) is 13.7. The van der Waals surface area contributed by atoms with Gasteiger partial charge in [-0.1, -0.05) is 19.3 Å². The van der Waals surface area contributed by atoms with E-state index in [9.17, 15) is 14.9 Å². The number of aromatic nitrogens is 2. The molecule has 0 bridgehead atoms. The van der Waals surface area contributed by atoms with Crippen LogP contribution in [0.15, 0.2) is 6.20 Å². The lowest BCUT2D eigenvalue weighted by molar-refractivity contribution is -0.389. The van der Waals surface area contributed by atoms with Crippen LogP contribution in [0.5, 0.6) is 0 Å². The van der Waals surface area contributed by atoms with Crippen molar-refractivity contribution in [2.75, 3.05) is 7.11 Å². The van der Waals surface area contributed by atoms with Gasteiger partial charge in [0.2, 0.25) is 11.7 Å². The molecule has 0 aliphatic heterocycles. The number of ether oxygens (including phenoxy) is 1. The Morgan fingerprint density at radius 2 is 2.23 bits per heavy atom. The number of carbonyl (C=O) groups excluding carboxylic acids is 1. The van der Waals surface area contributed by atoms with Gasteiger partial charge in [-0.2, -0.15) is 0 Å². The molecule has 1 fully saturated rings. The number of methoxy groups -OCH3 is 1. The molecule has 1 heterocycles. The van der Waals surface area contributed by atoms with Crippen LogP contribution in [0.25, 0.3) is 0 Å². The van der Waals surface area contributed by atoms with E-state index in [1.807, 2.05) is 0 Å². The second-order valence-corrected chi connectivity index (χ2v) is 5.62. The van der Waals surface area contributed by atoms with Crippen molar-refractivity contribution in [1.29, 1.82) is 0 Å². The molecule has 22 heavy (non-hydrogen) atoms. The Morgan fingerprint density at radius 3 is 2.86 bits per heavy atom. The topological polar surface area (TPSA) is 99.3 Å². The van der Waals surface area contributed by atoms with E-state index in [1.54, 1.807) is 14.0 Å². The van der Waals surface area contributed by atoms with Gasteiger partial charge in [0, 0.05) is 14.0 Å². The van der Waals surface area contributed by atoms with Gasteiger partial charge in [-0.3, -0.25) is 9.36 Å². The average Bonchev–Trinajstić information content (AvgIpc) is 2.70. The molecule has 1 aromatic rings. The van der Waals surface area contributed by atoms with Gasteiger partial charge < -0.3 is 20.2 Å². The zero-order chi connectivity index (χ0) is 16.1. The predicted octanol–water partition coefficient (Wildman–Crippen LogP) is 1.56. The van der Waals surface area contributed by atoms with Crippen molar-refractivity contribution >= 4 is 11.7 Å². The zero-order valence-corrected chi connectivity index (χ0v) is 12.9. The Labute approximate surface area is 129 Å². The lowest BCUT2D eigenvalue weighted by Gasteiger charge is -2.25. The Bertz CT molecular complexity index is 543. The first-order chi connectivity index (χ1) is 10.5. The molecule has 1 N–H and O–H groups in total. The van der Waals surface area contributed by atoms with Crippen molar-refractivity contribution in [1.82, 2.24) is 14.9 Å². The second-order valence-electron chi connectivity index (χ2n) is 5.62. The summed E-state index contributed by atoms with van der Waals surface area (Å²) in [4.78, 5) is 26.2. The van der Waals surface area contributed by atoms with Gasteiger partial charge >= 0.3 is 5.82 Å². The molecule has 8 heteroatoms. The van der Waals surface area contributed by atoms with Gasteiger partial charge in [0.1, 0.15) is 12.7 Å². The second kappa shape index (κ2) is 7.35. The summed E-state index contributed by atoms with van der Waals surface area (Å²) in [6.45, 7) is 1.67. The summed E-state index contributed by atoms with van der Waals surface area (Å²) >= 11 is 0. The van der Waals surface area contributed by atoms with Crippen molar-refractivity contribution in [2.24, 2.45) is 0 Å². The van der Waals surface area contributed by atoms with E-state index in [-0.39, 0.29) is 30.4 Å². The zero-order valence-electron chi connectivity index (χ0n) is 12.9. The van der Waals surface area contributed by atoms with Crippen LogP contribution in [0.2, 0.25) is 0 Å². The summed E-state index contributed by atoms with van der Waals surface area (Å²) in [7, 11) is 1.67. The van der Waals surface area contributed by atoms with Crippen molar-refractivity contribution in [3.05, 3.63) is 22.1 Å². The molecule has 2 atom stereocenters. The van der Waals surface area contributed by atoms with Gasteiger partial charge in [0.25, 0.3) is 0 Å². The van der Waals surface area contributed by atoms with Crippen molar-refractivity contribution in [2.45, 2.75) is 57.7 Å². The molecule has 1 amide bonds. The number of amides is 1. The van der Waals surface area contributed by atoms with E-state index in [0.29, 0.717) is 5.82 Å². The quantitative estimate of drug-likeness (QED) is 0.505. The summed E-state index contributed by atoms with van der Waals surface area (Å²) in [6.07, 6.45) is 6.49. The highest BCUT2D eigenvalue weighted by molar-refractivity contribution is 5.76. The molecule has 0 aromatic carbocycles. The smallest absolute Gasteiger partial charge is 0.379 e. The van der Waals surface area contributed by atoms with E-state index >= 15 is 0 Å². The number of hydrogen-bond acceptors (Lipinski definition) is 5. The summed E-state index contributed by atoms with van der Waals surface area (Å²) in [5.74, 6) is 0.0323. The molecule has 0 unspecified atom stereocenters. The molecule has 2 rings (SSSR count). The number of hydrogen-bond donors (Lipinski definition) is 1. The Morgan fingerprint density at radius 1 is 1.50 bits per heavy atom. The normalized spacial score (nSPS) is 22.1. The Balaban J connectivity index is 1.98. The number of nitro groups is 1. The van der Waals surface area contributed by atoms with Gasteiger partial charge in [-0.15, -0.1) is 0 Å². The Kier molecular flexibility index (Phi) is 5.48. The number of aryl methyl sites for hydroxylation is 1. The predicted molar refractivity (Wildman–Crippen MR) is 79.4 cm³/mol. The largest absolute Gasteiger partial charge is 0.381 e. The maximum atomic E-state index is 12.2. The monoisotopic (exact) mass is 310 g/mol. The molecule has 122 valence electrons. The molecule has 1 aromatic heterocycles. The van der Waals surface area contributed by atoms with Crippen LogP contribution in [-0.2, 0) is 16.1 Å². The van der Waals surface area contributed by atoms with E-state index in [0.717, 1.165) is 32.1 Å². The molecule has 1 saturated carbocycles. The third-order valence-corrected chi connectivity index (χ3v) is 4.07. The minimum atomic E-state index is -0.562. The SMILES string of the molecule is CO[C@@H]1CCCCC[C@H]1NC(=O)Cn1cc([N+](=O)[O-])nc1C. The van der Waals surface area contributed by atoms with E-state index in [2.05, 4.69) is 10.3 Å². The molecule has 0 radical (unpaired) electrons. The van der Waals surface area contributed by atoms with Crippen LogP contribution in [0.1, 0.15) is 37.9 Å². The summed E-state index contributed by atoms with van der Waals surface area (Å²) in [5.41, 5.74) is 0. The average molecular weight is 310 g/mol. The van der Waals surface area contributed by atoms with Crippen LogP contribution in [0, 0.1) is 17.0 Å². The lowest BCUT2D eigenvalue weighted by atomic mass is 10.1. The first kappa shape index (κ1) is 16.4. The van der Waals surface area contributed by atoms with Gasteiger partial charge in [-0.25, -0.2) is 0 Å². The minimum Gasteiger partial charge on any atom is -0.379 e. The van der Waals surface area contributed by atoms with Crippen LogP contribution < -0.4 is 5.32 Å². The number of nitrogens with one attached hydrogen (secondary N) is 1. The minimum absolute atomic E-state index is 0.00110. The third-order valence-electron chi connectivity index (χ3n) is 4.07. The third kappa shape index (κ3) is 4.03. The van der Waals surface area contributed by atoms with Gasteiger partial charge in [0.05, 0.1) is 12.1 Å². The van der Waals surface area contributed by atoms with Crippen LogP contribution in [-0.4, -0.2) is 39.6 Å². The van der Waals surface area contributed by atoms with Crippen LogP contribution in [0.3, 0.4) is 0 Å². The maximum Gasteiger partial charge on any atom is 0.381 e. The van der Waals surface area contributed by atoms with Crippen molar-refractivity contribution < 1.29 is 14.5 Å². The molecular weight excluding hydrogens is 288 g/mol. The first-order valence-corrected chi connectivity index (χ1v) is 7.51. The van der Waals surface area contributed by atoms with Gasteiger partial charge in [0.15, 0.2) is 0 Å². The molecular formula is C14H22N4O4. The maximum absolute atomic E-state index is 12.2. The van der Waals surface area contributed by atoms with Crippen LogP contribution >= 0.6 is 0 Å².